The van der Waals surface area contributed by atoms with Crippen molar-refractivity contribution in [3.63, 3.8) is 0 Å². The highest BCUT2D eigenvalue weighted by Crippen LogP contribution is 2.32. The number of carbonyl (C=O) groups excluding carboxylic acids is 1. The van der Waals surface area contributed by atoms with Crippen LogP contribution in [0.5, 0.6) is 0 Å². The van der Waals surface area contributed by atoms with Gasteiger partial charge in [-0.1, -0.05) is 43.6 Å². The van der Waals surface area contributed by atoms with E-state index in [9.17, 15) is 18.0 Å². The van der Waals surface area contributed by atoms with E-state index in [-0.39, 0.29) is 18.2 Å². The molecular weight excluding hydrogens is 563 g/mol. The lowest BCUT2D eigenvalue weighted by Crippen LogP contribution is -2.27. The molecule has 0 unspecified atom stereocenters. The van der Waals surface area contributed by atoms with E-state index in [4.69, 9.17) is 9.47 Å². The third kappa shape index (κ3) is 8.24. The molecule has 0 radical (unpaired) electrons. The lowest BCUT2D eigenvalue weighted by molar-refractivity contribution is -0.137. The van der Waals surface area contributed by atoms with Crippen LogP contribution in [0.25, 0.3) is 22.4 Å². The van der Waals surface area contributed by atoms with Crippen molar-refractivity contribution in [1.29, 1.82) is 0 Å². The summed E-state index contributed by atoms with van der Waals surface area (Å²) >= 11 is 0. The number of carbonyl (C=O) groups is 1. The fraction of sp³-hybridized carbons (Fsp3) is 0.367. The third-order valence-corrected chi connectivity index (χ3v) is 7.66. The van der Waals surface area contributed by atoms with Gasteiger partial charge in [0.2, 0.25) is 5.95 Å². The van der Waals surface area contributed by atoms with E-state index in [0.717, 1.165) is 12.1 Å². The van der Waals surface area contributed by atoms with Gasteiger partial charge in [-0.2, -0.15) is 13.2 Å². The molecule has 1 aromatic carbocycles. The van der Waals surface area contributed by atoms with Crippen LogP contribution in [-0.2, 0) is 22.4 Å². The SMILES string of the molecule is CC(C)(C)OC(=O)Nc1nc2c(-c3cc(C#Cc4ccccc4C(F)(F)F)cn3COCC[Si](C)(C)C)nccc2[nH]1. The largest absolute Gasteiger partial charge is 0.444 e. The molecule has 0 aliphatic heterocycles. The standard InChI is InChI=1S/C30H34F3N5O3Si/c1-29(2,3)41-28(39)37-27-35-23-13-14-34-26(25(23)36-27)24-17-20(18-38(24)19-40-15-16-42(4,5)6)11-12-21-9-7-8-10-22(21)30(31,32)33/h7-10,13-14,17-18H,15-16,19H2,1-6H3,(H2,35,36,37,39). The van der Waals surface area contributed by atoms with E-state index in [2.05, 4.69) is 51.8 Å². The Morgan fingerprint density at radius 2 is 1.86 bits per heavy atom. The number of hydrogen-bond donors (Lipinski definition) is 2. The Bertz CT molecular complexity index is 1640. The first-order valence-corrected chi connectivity index (χ1v) is 17.1. The minimum atomic E-state index is -4.52. The number of fused-ring (bicyclic) bond motifs is 1. The quantitative estimate of drug-likeness (QED) is 0.131. The van der Waals surface area contributed by atoms with Crippen molar-refractivity contribution in [1.82, 2.24) is 19.5 Å². The highest BCUT2D eigenvalue weighted by molar-refractivity contribution is 6.76. The number of pyridine rings is 1. The van der Waals surface area contributed by atoms with Gasteiger partial charge < -0.3 is 19.0 Å². The number of aromatic nitrogens is 4. The first kappa shape index (κ1) is 30.9. The van der Waals surface area contributed by atoms with Gasteiger partial charge in [-0.05, 0) is 51.1 Å². The third-order valence-electron chi connectivity index (χ3n) is 5.96. The van der Waals surface area contributed by atoms with Crippen molar-refractivity contribution in [3.05, 3.63) is 65.5 Å². The molecular formula is C30H34F3N5O3Si. The van der Waals surface area contributed by atoms with Crippen molar-refractivity contribution in [2.24, 2.45) is 0 Å². The number of H-pyrrole nitrogens is 1. The Labute approximate surface area is 243 Å². The van der Waals surface area contributed by atoms with Crippen molar-refractivity contribution in [3.8, 4) is 23.2 Å². The number of halogens is 3. The maximum atomic E-state index is 13.5. The van der Waals surface area contributed by atoms with Gasteiger partial charge in [0.15, 0.2) is 0 Å². The van der Waals surface area contributed by atoms with Crippen molar-refractivity contribution in [2.45, 2.75) is 65.0 Å². The second-order valence-electron chi connectivity index (χ2n) is 12.0. The second-order valence-corrected chi connectivity index (χ2v) is 17.6. The molecule has 0 aliphatic rings. The number of alkyl halides is 3. The number of hydrogen-bond acceptors (Lipinski definition) is 5. The molecule has 222 valence electrons. The number of amides is 1. The Morgan fingerprint density at radius 1 is 1.12 bits per heavy atom. The van der Waals surface area contributed by atoms with E-state index >= 15 is 0 Å². The van der Waals surface area contributed by atoms with Crippen LogP contribution in [0.15, 0.2) is 48.8 Å². The van der Waals surface area contributed by atoms with Crippen LogP contribution in [0, 0.1) is 11.8 Å². The minimum absolute atomic E-state index is 0.115. The van der Waals surface area contributed by atoms with E-state index in [1.165, 1.54) is 18.2 Å². The molecule has 3 heterocycles. The summed E-state index contributed by atoms with van der Waals surface area (Å²) in [5, 5.41) is 2.60. The van der Waals surface area contributed by atoms with Gasteiger partial charge in [-0.3, -0.25) is 10.3 Å². The van der Waals surface area contributed by atoms with Crippen molar-refractivity contribution < 1.29 is 27.4 Å². The first-order chi connectivity index (χ1) is 19.6. The van der Waals surface area contributed by atoms with E-state index in [0.29, 0.717) is 34.6 Å². The molecule has 0 spiro atoms. The molecule has 0 fully saturated rings. The van der Waals surface area contributed by atoms with Crippen LogP contribution in [0.3, 0.4) is 0 Å². The number of imidazole rings is 1. The molecule has 8 nitrogen and oxygen atoms in total. The summed E-state index contributed by atoms with van der Waals surface area (Å²) < 4.78 is 53.6. The van der Waals surface area contributed by atoms with Crippen molar-refractivity contribution >= 4 is 31.1 Å². The molecule has 42 heavy (non-hydrogen) atoms. The maximum Gasteiger partial charge on any atom is 0.417 e. The molecule has 0 saturated heterocycles. The van der Waals surface area contributed by atoms with E-state index in [1.807, 2.05) is 0 Å². The smallest absolute Gasteiger partial charge is 0.417 e. The van der Waals surface area contributed by atoms with Gasteiger partial charge in [-0.25, -0.2) is 9.78 Å². The predicted octanol–water partition coefficient (Wildman–Crippen LogP) is 7.50. The summed E-state index contributed by atoms with van der Waals surface area (Å²) in [5.74, 6) is 5.73. The molecule has 3 aromatic heterocycles. The number of nitrogens with zero attached hydrogens (tertiary/aromatic N) is 3. The molecule has 4 rings (SSSR count). The van der Waals surface area contributed by atoms with E-state index in [1.54, 1.807) is 49.9 Å². The van der Waals surface area contributed by atoms with E-state index < -0.39 is 31.5 Å². The van der Waals surface area contributed by atoms with Crippen LogP contribution < -0.4 is 5.32 Å². The Balaban J connectivity index is 1.71. The lowest BCUT2D eigenvalue weighted by atomic mass is 10.1. The summed E-state index contributed by atoms with van der Waals surface area (Å²) in [6.45, 7) is 12.8. The summed E-state index contributed by atoms with van der Waals surface area (Å²) in [6, 6.07) is 9.64. The second kappa shape index (κ2) is 12.0. The van der Waals surface area contributed by atoms with Gasteiger partial charge in [0, 0.05) is 38.2 Å². The maximum absolute atomic E-state index is 13.5. The summed E-state index contributed by atoms with van der Waals surface area (Å²) in [6.07, 6.45) is -1.86. The zero-order valence-corrected chi connectivity index (χ0v) is 25.4. The number of nitrogens with one attached hydrogen (secondary N) is 2. The predicted molar refractivity (Wildman–Crippen MR) is 159 cm³/mol. The number of anilines is 1. The molecule has 0 aliphatic carbocycles. The lowest BCUT2D eigenvalue weighted by Gasteiger charge is -2.18. The minimum Gasteiger partial charge on any atom is -0.444 e. The van der Waals surface area contributed by atoms with Gasteiger partial charge >= 0.3 is 12.3 Å². The van der Waals surface area contributed by atoms with Crippen LogP contribution in [-0.4, -0.2) is 45.9 Å². The number of aromatic amines is 1. The molecule has 0 saturated carbocycles. The molecule has 2 N–H and O–H groups in total. The van der Waals surface area contributed by atoms with Gasteiger partial charge in [0.05, 0.1) is 16.8 Å². The number of rotatable bonds is 7. The Kier molecular flexibility index (Phi) is 8.84. The average molecular weight is 598 g/mol. The Morgan fingerprint density at radius 3 is 2.55 bits per heavy atom. The zero-order chi connectivity index (χ0) is 30.7. The monoisotopic (exact) mass is 597 g/mol. The Hall–Kier alpha value is -4.08. The average Bonchev–Trinajstić information content (AvgIpc) is 3.46. The molecule has 12 heteroatoms. The van der Waals surface area contributed by atoms with Gasteiger partial charge in [0.1, 0.15) is 23.5 Å². The first-order valence-electron chi connectivity index (χ1n) is 13.4. The van der Waals surface area contributed by atoms with Gasteiger partial charge in [0.25, 0.3) is 0 Å². The summed E-state index contributed by atoms with van der Waals surface area (Å²) in [4.78, 5) is 24.4. The molecule has 0 atom stereocenters. The molecule has 1 amide bonds. The van der Waals surface area contributed by atoms with Crippen LogP contribution in [0.1, 0.15) is 37.5 Å². The van der Waals surface area contributed by atoms with Crippen LogP contribution >= 0.6 is 0 Å². The molecule has 4 aromatic rings. The zero-order valence-electron chi connectivity index (χ0n) is 24.4. The van der Waals surface area contributed by atoms with Gasteiger partial charge in [-0.15, -0.1) is 0 Å². The summed E-state index contributed by atoms with van der Waals surface area (Å²) in [7, 11) is -1.32. The highest BCUT2D eigenvalue weighted by atomic mass is 28.3. The topological polar surface area (TPSA) is 94.1 Å². The highest BCUT2D eigenvalue weighted by Gasteiger charge is 2.32. The van der Waals surface area contributed by atoms with Crippen LogP contribution in [0.2, 0.25) is 25.7 Å². The fourth-order valence-corrected chi connectivity index (χ4v) is 4.74. The molecule has 0 bridgehead atoms. The van der Waals surface area contributed by atoms with Crippen LogP contribution in [0.4, 0.5) is 23.9 Å². The fourth-order valence-electron chi connectivity index (χ4n) is 3.99. The number of benzene rings is 1. The number of ether oxygens (including phenoxy) is 2. The summed E-state index contributed by atoms with van der Waals surface area (Å²) in [5.41, 5.74) is 1.08. The normalized spacial score (nSPS) is 12.2. The van der Waals surface area contributed by atoms with Crippen molar-refractivity contribution in [2.75, 3.05) is 11.9 Å².